The second kappa shape index (κ2) is 6.03. The molecule has 1 saturated heterocycles. The van der Waals surface area contributed by atoms with Crippen LogP contribution in [-0.2, 0) is 0 Å². The number of hydrogen-bond donors (Lipinski definition) is 2. The molecule has 3 rings (SSSR count). The molecule has 0 aromatic heterocycles. The lowest BCUT2D eigenvalue weighted by Crippen LogP contribution is -2.27. The van der Waals surface area contributed by atoms with Crippen molar-refractivity contribution < 1.29 is 14.6 Å². The number of fused-ring (bicyclic) bond motifs is 1. The molecule has 1 aromatic carbocycles. The van der Waals surface area contributed by atoms with E-state index in [0.717, 1.165) is 23.6 Å². The molecule has 1 fully saturated rings. The number of benzene rings is 1. The highest BCUT2D eigenvalue weighted by Crippen LogP contribution is 2.34. The van der Waals surface area contributed by atoms with Gasteiger partial charge in [0.25, 0.3) is 0 Å². The minimum atomic E-state index is -0.499. The fraction of sp³-hybridized carbons (Fsp3) is 0.571. The summed E-state index contributed by atoms with van der Waals surface area (Å²) < 4.78 is 10.6. The Morgan fingerprint density at radius 2 is 2.26 bits per heavy atom. The lowest BCUT2D eigenvalue weighted by Gasteiger charge is -2.15. The van der Waals surface area contributed by atoms with Crippen LogP contribution in [0.25, 0.3) is 0 Å². The maximum atomic E-state index is 10.2. The quantitative estimate of drug-likeness (QED) is 0.864. The molecule has 4 nitrogen and oxygen atoms in total. The van der Waals surface area contributed by atoms with Crippen LogP contribution in [0.5, 0.6) is 11.5 Å². The topological polar surface area (TPSA) is 50.7 Å². The minimum absolute atomic E-state index is 0.270. The SMILES string of the molecule is OC(CNCC1CCCS1)c1ccc2c(c1)OCO2. The smallest absolute Gasteiger partial charge is 0.231 e. The molecule has 0 bridgehead atoms. The van der Waals surface area contributed by atoms with Gasteiger partial charge in [0.1, 0.15) is 0 Å². The molecule has 2 unspecified atom stereocenters. The van der Waals surface area contributed by atoms with Gasteiger partial charge in [-0.05, 0) is 36.3 Å². The normalized spacial score (nSPS) is 22.7. The Balaban J connectivity index is 1.50. The Hall–Kier alpha value is -0.910. The molecule has 0 amide bonds. The first-order chi connectivity index (χ1) is 9.33. The highest BCUT2D eigenvalue weighted by Gasteiger charge is 2.18. The van der Waals surface area contributed by atoms with Crippen molar-refractivity contribution in [2.75, 3.05) is 25.6 Å². The summed E-state index contributed by atoms with van der Waals surface area (Å²) in [5.74, 6) is 2.76. The van der Waals surface area contributed by atoms with Gasteiger partial charge in [-0.2, -0.15) is 11.8 Å². The van der Waals surface area contributed by atoms with Crippen molar-refractivity contribution in [1.82, 2.24) is 5.32 Å². The number of ether oxygens (including phenoxy) is 2. The molecule has 0 saturated carbocycles. The van der Waals surface area contributed by atoms with Gasteiger partial charge in [0.2, 0.25) is 6.79 Å². The summed E-state index contributed by atoms with van der Waals surface area (Å²) in [6, 6.07) is 5.61. The second-order valence-electron chi connectivity index (χ2n) is 4.92. The van der Waals surface area contributed by atoms with E-state index in [4.69, 9.17) is 9.47 Å². The van der Waals surface area contributed by atoms with Crippen molar-refractivity contribution in [2.24, 2.45) is 0 Å². The molecule has 1 aromatic rings. The lowest BCUT2D eigenvalue weighted by atomic mass is 10.1. The highest BCUT2D eigenvalue weighted by atomic mass is 32.2. The third kappa shape index (κ3) is 3.16. The summed E-state index contributed by atoms with van der Waals surface area (Å²) in [6.07, 6.45) is 2.11. The van der Waals surface area contributed by atoms with E-state index in [9.17, 15) is 5.11 Å². The Bertz CT molecular complexity index is 435. The average molecular weight is 281 g/mol. The Labute approximate surface area is 117 Å². The Morgan fingerprint density at radius 1 is 1.37 bits per heavy atom. The molecule has 2 atom stereocenters. The molecule has 5 heteroatoms. The van der Waals surface area contributed by atoms with E-state index < -0.39 is 6.10 Å². The van der Waals surface area contributed by atoms with Gasteiger partial charge in [-0.3, -0.25) is 0 Å². The predicted octanol–water partition coefficient (Wildman–Crippen LogP) is 1.93. The van der Waals surface area contributed by atoms with E-state index in [1.807, 2.05) is 30.0 Å². The molecule has 2 aliphatic heterocycles. The van der Waals surface area contributed by atoms with E-state index >= 15 is 0 Å². The van der Waals surface area contributed by atoms with Crippen LogP contribution in [0.2, 0.25) is 0 Å². The van der Waals surface area contributed by atoms with Crippen LogP contribution < -0.4 is 14.8 Å². The van der Waals surface area contributed by atoms with E-state index in [2.05, 4.69) is 5.32 Å². The first kappa shape index (κ1) is 13.1. The minimum Gasteiger partial charge on any atom is -0.454 e. The van der Waals surface area contributed by atoms with E-state index in [1.54, 1.807) is 0 Å². The number of aliphatic hydroxyl groups excluding tert-OH is 1. The summed E-state index contributed by atoms with van der Waals surface area (Å²) >= 11 is 2.03. The highest BCUT2D eigenvalue weighted by molar-refractivity contribution is 8.00. The van der Waals surface area contributed by atoms with Crippen LogP contribution in [0.3, 0.4) is 0 Å². The molecule has 2 heterocycles. The van der Waals surface area contributed by atoms with Gasteiger partial charge in [0.15, 0.2) is 11.5 Å². The van der Waals surface area contributed by atoms with Gasteiger partial charge in [-0.15, -0.1) is 0 Å². The summed E-state index contributed by atoms with van der Waals surface area (Å²) in [6.45, 7) is 1.83. The largest absolute Gasteiger partial charge is 0.454 e. The van der Waals surface area contributed by atoms with Crippen LogP contribution in [-0.4, -0.2) is 36.0 Å². The molecular formula is C14H19NO3S. The van der Waals surface area contributed by atoms with Crippen molar-refractivity contribution >= 4 is 11.8 Å². The van der Waals surface area contributed by atoms with Crippen molar-refractivity contribution in [3.63, 3.8) is 0 Å². The molecule has 0 aliphatic carbocycles. The third-order valence-electron chi connectivity index (χ3n) is 3.52. The monoisotopic (exact) mass is 281 g/mol. The van der Waals surface area contributed by atoms with Gasteiger partial charge in [0.05, 0.1) is 6.10 Å². The Morgan fingerprint density at radius 3 is 3.11 bits per heavy atom. The maximum Gasteiger partial charge on any atom is 0.231 e. The molecule has 104 valence electrons. The van der Waals surface area contributed by atoms with Crippen molar-refractivity contribution in [2.45, 2.75) is 24.2 Å². The summed E-state index contributed by atoms with van der Waals surface area (Å²) in [5.41, 5.74) is 0.871. The summed E-state index contributed by atoms with van der Waals surface area (Å²) in [7, 11) is 0. The molecule has 0 radical (unpaired) electrons. The van der Waals surface area contributed by atoms with E-state index in [0.29, 0.717) is 11.8 Å². The summed E-state index contributed by atoms with van der Waals surface area (Å²) in [5, 5.41) is 14.2. The lowest BCUT2D eigenvalue weighted by molar-refractivity contribution is 0.170. The first-order valence-corrected chi connectivity index (χ1v) is 7.78. The number of nitrogens with one attached hydrogen (secondary N) is 1. The van der Waals surface area contributed by atoms with Crippen LogP contribution in [0.4, 0.5) is 0 Å². The number of rotatable bonds is 5. The Kier molecular flexibility index (Phi) is 4.15. The molecule has 2 N–H and O–H groups in total. The second-order valence-corrected chi connectivity index (χ2v) is 6.33. The number of hydrogen-bond acceptors (Lipinski definition) is 5. The zero-order chi connectivity index (χ0) is 13.1. The standard InChI is InChI=1S/C14H19NO3S/c16-12(8-15-7-11-2-1-5-19-11)10-3-4-13-14(6-10)18-9-17-13/h3-4,6,11-12,15-16H,1-2,5,7-9H2. The molecular weight excluding hydrogens is 262 g/mol. The van der Waals surface area contributed by atoms with Crippen LogP contribution in [0.1, 0.15) is 24.5 Å². The number of thioether (sulfide) groups is 1. The third-order valence-corrected chi connectivity index (χ3v) is 4.91. The van der Waals surface area contributed by atoms with Gasteiger partial charge in [-0.25, -0.2) is 0 Å². The zero-order valence-corrected chi connectivity index (χ0v) is 11.6. The number of aliphatic hydroxyl groups is 1. The fourth-order valence-electron chi connectivity index (χ4n) is 2.42. The summed E-state index contributed by atoms with van der Waals surface area (Å²) in [4.78, 5) is 0. The molecule has 0 spiro atoms. The first-order valence-electron chi connectivity index (χ1n) is 6.73. The van der Waals surface area contributed by atoms with Crippen molar-refractivity contribution in [3.05, 3.63) is 23.8 Å². The van der Waals surface area contributed by atoms with Crippen LogP contribution >= 0.6 is 11.8 Å². The zero-order valence-electron chi connectivity index (χ0n) is 10.8. The fourth-order valence-corrected chi connectivity index (χ4v) is 3.66. The van der Waals surface area contributed by atoms with Gasteiger partial charge in [-0.1, -0.05) is 6.07 Å². The van der Waals surface area contributed by atoms with E-state index in [-0.39, 0.29) is 6.79 Å². The predicted molar refractivity (Wildman–Crippen MR) is 75.9 cm³/mol. The van der Waals surface area contributed by atoms with Gasteiger partial charge >= 0.3 is 0 Å². The maximum absolute atomic E-state index is 10.2. The van der Waals surface area contributed by atoms with Crippen molar-refractivity contribution in [3.8, 4) is 11.5 Å². The average Bonchev–Trinajstić information content (AvgIpc) is 3.08. The molecule has 2 aliphatic rings. The van der Waals surface area contributed by atoms with Crippen LogP contribution in [0.15, 0.2) is 18.2 Å². The molecule has 19 heavy (non-hydrogen) atoms. The van der Waals surface area contributed by atoms with Gasteiger partial charge in [0, 0.05) is 18.3 Å². The van der Waals surface area contributed by atoms with E-state index in [1.165, 1.54) is 18.6 Å². The van der Waals surface area contributed by atoms with Crippen LogP contribution in [0, 0.1) is 0 Å². The van der Waals surface area contributed by atoms with Gasteiger partial charge < -0.3 is 19.9 Å². The van der Waals surface area contributed by atoms with Crippen molar-refractivity contribution in [1.29, 1.82) is 0 Å².